The molecule has 1 saturated heterocycles. The first-order chi connectivity index (χ1) is 8.88. The molecule has 0 spiro atoms. The summed E-state index contributed by atoms with van der Waals surface area (Å²) < 4.78 is 22.7. The van der Waals surface area contributed by atoms with Crippen LogP contribution in [0.4, 0.5) is 0 Å². The minimum absolute atomic E-state index is 0.119. The van der Waals surface area contributed by atoms with E-state index in [-0.39, 0.29) is 16.9 Å². The summed E-state index contributed by atoms with van der Waals surface area (Å²) >= 11 is 0. The summed E-state index contributed by atoms with van der Waals surface area (Å²) in [5.41, 5.74) is 0.476. The van der Waals surface area contributed by atoms with Gasteiger partial charge in [-0.3, -0.25) is 4.79 Å². The first kappa shape index (κ1) is 14.0. The quantitative estimate of drug-likeness (QED) is 0.866. The molecule has 1 aromatic carbocycles. The lowest BCUT2D eigenvalue weighted by atomic mass is 10.1. The minimum Gasteiger partial charge on any atom is -0.393 e. The molecule has 0 unspecified atom stereocenters. The Hall–Kier alpha value is -1.40. The first-order valence-electron chi connectivity index (χ1n) is 6.15. The largest absolute Gasteiger partial charge is 0.393 e. The van der Waals surface area contributed by atoms with E-state index in [1.807, 2.05) is 0 Å². The fraction of sp³-hybridized carbons (Fsp3) is 0.462. The average Bonchev–Trinajstić information content (AvgIpc) is 2.38. The van der Waals surface area contributed by atoms with Gasteiger partial charge in [-0.2, -0.15) is 0 Å². The van der Waals surface area contributed by atoms with Crippen molar-refractivity contribution in [3.05, 3.63) is 29.8 Å². The predicted octanol–water partition coefficient (Wildman–Crippen LogP) is 0.687. The number of likely N-dealkylation sites (tertiary alicyclic amines) is 1. The third kappa shape index (κ3) is 3.33. The molecular weight excluding hydrogens is 266 g/mol. The monoisotopic (exact) mass is 283 g/mol. The van der Waals surface area contributed by atoms with Crippen LogP contribution in [0.15, 0.2) is 29.2 Å². The standard InChI is InChI=1S/C13H17NO4S/c1-19(17,18)12-4-2-10(3-5-12)13(16)14-8-6-11(15)7-9-14/h2-5,11,15H,6-9H2,1H3. The van der Waals surface area contributed by atoms with Crippen molar-refractivity contribution in [2.24, 2.45) is 0 Å². The van der Waals surface area contributed by atoms with Crippen molar-refractivity contribution in [1.82, 2.24) is 4.90 Å². The fourth-order valence-corrected chi connectivity index (χ4v) is 2.73. The van der Waals surface area contributed by atoms with Gasteiger partial charge in [0.1, 0.15) is 0 Å². The van der Waals surface area contributed by atoms with Crippen molar-refractivity contribution in [2.45, 2.75) is 23.8 Å². The Morgan fingerprint density at radius 1 is 1.21 bits per heavy atom. The first-order valence-corrected chi connectivity index (χ1v) is 8.04. The van der Waals surface area contributed by atoms with Crippen LogP contribution >= 0.6 is 0 Å². The number of aliphatic hydroxyl groups excluding tert-OH is 1. The minimum atomic E-state index is -3.24. The average molecular weight is 283 g/mol. The van der Waals surface area contributed by atoms with Crippen LogP contribution in [0.5, 0.6) is 0 Å². The Morgan fingerprint density at radius 2 is 1.74 bits per heavy atom. The number of hydrogen-bond acceptors (Lipinski definition) is 4. The zero-order chi connectivity index (χ0) is 14.0. The maximum absolute atomic E-state index is 12.2. The van der Waals surface area contributed by atoms with E-state index in [0.29, 0.717) is 31.5 Å². The van der Waals surface area contributed by atoms with Gasteiger partial charge < -0.3 is 10.0 Å². The third-order valence-electron chi connectivity index (χ3n) is 3.28. The molecule has 0 saturated carbocycles. The van der Waals surface area contributed by atoms with E-state index in [1.54, 1.807) is 4.90 Å². The zero-order valence-electron chi connectivity index (χ0n) is 10.7. The maximum Gasteiger partial charge on any atom is 0.253 e. The molecule has 1 N–H and O–H groups in total. The van der Waals surface area contributed by atoms with E-state index in [9.17, 15) is 18.3 Å². The normalized spacial score (nSPS) is 17.5. The van der Waals surface area contributed by atoms with E-state index in [1.165, 1.54) is 24.3 Å². The second-order valence-electron chi connectivity index (χ2n) is 4.82. The van der Waals surface area contributed by atoms with Crippen LogP contribution in [0.2, 0.25) is 0 Å². The summed E-state index contributed by atoms with van der Waals surface area (Å²) in [5.74, 6) is -0.119. The molecule has 0 radical (unpaired) electrons. The molecule has 104 valence electrons. The van der Waals surface area contributed by atoms with E-state index >= 15 is 0 Å². The molecule has 0 bridgehead atoms. The van der Waals surface area contributed by atoms with Gasteiger partial charge in [0, 0.05) is 24.9 Å². The topological polar surface area (TPSA) is 74.7 Å². The second kappa shape index (κ2) is 5.30. The second-order valence-corrected chi connectivity index (χ2v) is 6.84. The van der Waals surface area contributed by atoms with Gasteiger partial charge in [-0.15, -0.1) is 0 Å². The van der Waals surface area contributed by atoms with Gasteiger partial charge in [-0.25, -0.2) is 8.42 Å². The smallest absolute Gasteiger partial charge is 0.253 e. The van der Waals surface area contributed by atoms with E-state index in [4.69, 9.17) is 0 Å². The van der Waals surface area contributed by atoms with Crippen molar-refractivity contribution in [3.8, 4) is 0 Å². The van der Waals surface area contributed by atoms with Crippen molar-refractivity contribution in [1.29, 1.82) is 0 Å². The Morgan fingerprint density at radius 3 is 2.21 bits per heavy atom. The van der Waals surface area contributed by atoms with Gasteiger partial charge >= 0.3 is 0 Å². The molecule has 0 aliphatic carbocycles. The maximum atomic E-state index is 12.2. The van der Waals surface area contributed by atoms with E-state index < -0.39 is 9.84 Å². The van der Waals surface area contributed by atoms with Crippen molar-refractivity contribution in [2.75, 3.05) is 19.3 Å². The van der Waals surface area contributed by atoms with Crippen LogP contribution < -0.4 is 0 Å². The molecule has 1 aliphatic heterocycles. The highest BCUT2D eigenvalue weighted by Crippen LogP contribution is 2.16. The molecule has 1 fully saturated rings. The highest BCUT2D eigenvalue weighted by molar-refractivity contribution is 7.90. The Labute approximate surface area is 112 Å². The molecule has 5 nitrogen and oxygen atoms in total. The number of rotatable bonds is 2. The van der Waals surface area contributed by atoms with Crippen molar-refractivity contribution < 1.29 is 18.3 Å². The van der Waals surface area contributed by atoms with Crippen LogP contribution in [-0.4, -0.2) is 49.8 Å². The van der Waals surface area contributed by atoms with Gasteiger partial charge in [0.15, 0.2) is 9.84 Å². The Kier molecular flexibility index (Phi) is 3.91. The van der Waals surface area contributed by atoms with Crippen molar-refractivity contribution >= 4 is 15.7 Å². The number of amides is 1. The van der Waals surface area contributed by atoms with Crippen LogP contribution in [0.1, 0.15) is 23.2 Å². The lowest BCUT2D eigenvalue weighted by Gasteiger charge is -2.29. The predicted molar refractivity (Wildman–Crippen MR) is 70.7 cm³/mol. The number of carbonyl (C=O) groups is 1. The summed E-state index contributed by atoms with van der Waals surface area (Å²) in [7, 11) is -3.24. The van der Waals surface area contributed by atoms with Gasteiger partial charge in [0.25, 0.3) is 5.91 Å². The molecule has 1 amide bonds. The van der Waals surface area contributed by atoms with E-state index in [0.717, 1.165) is 6.26 Å². The number of piperidine rings is 1. The molecular formula is C13H17NO4S. The van der Waals surface area contributed by atoms with Crippen LogP contribution in [0.25, 0.3) is 0 Å². The molecule has 2 rings (SSSR count). The molecule has 6 heteroatoms. The summed E-state index contributed by atoms with van der Waals surface area (Å²) in [6.07, 6.45) is 1.99. The Balaban J connectivity index is 2.12. The van der Waals surface area contributed by atoms with E-state index in [2.05, 4.69) is 0 Å². The Bertz CT molecular complexity index is 557. The summed E-state index contributed by atoms with van der Waals surface area (Å²) in [6, 6.07) is 5.95. The highest BCUT2D eigenvalue weighted by atomic mass is 32.2. The number of sulfone groups is 1. The summed E-state index contributed by atoms with van der Waals surface area (Å²) in [6.45, 7) is 1.07. The number of hydrogen-bond donors (Lipinski definition) is 1. The lowest BCUT2D eigenvalue weighted by Crippen LogP contribution is -2.40. The molecule has 0 atom stereocenters. The van der Waals surface area contributed by atoms with Gasteiger partial charge in [-0.1, -0.05) is 0 Å². The van der Waals surface area contributed by atoms with Gasteiger partial charge in [0.05, 0.1) is 11.0 Å². The molecule has 0 aromatic heterocycles. The zero-order valence-corrected chi connectivity index (χ0v) is 11.6. The van der Waals surface area contributed by atoms with Gasteiger partial charge in [-0.05, 0) is 37.1 Å². The number of aliphatic hydroxyl groups is 1. The lowest BCUT2D eigenvalue weighted by molar-refractivity contribution is 0.0546. The van der Waals surface area contributed by atoms with Crippen LogP contribution in [0, 0.1) is 0 Å². The highest BCUT2D eigenvalue weighted by Gasteiger charge is 2.22. The molecule has 1 aliphatic rings. The SMILES string of the molecule is CS(=O)(=O)c1ccc(C(=O)N2CCC(O)CC2)cc1. The number of benzene rings is 1. The van der Waals surface area contributed by atoms with Crippen molar-refractivity contribution in [3.63, 3.8) is 0 Å². The van der Waals surface area contributed by atoms with Gasteiger partial charge in [0.2, 0.25) is 0 Å². The van der Waals surface area contributed by atoms with Crippen LogP contribution in [-0.2, 0) is 9.84 Å². The third-order valence-corrected chi connectivity index (χ3v) is 4.41. The summed E-state index contributed by atoms with van der Waals surface area (Å²) in [5, 5.41) is 9.40. The number of carbonyl (C=O) groups excluding carboxylic acids is 1. The molecule has 1 heterocycles. The summed E-state index contributed by atoms with van der Waals surface area (Å²) in [4.78, 5) is 14.1. The van der Waals surface area contributed by atoms with Crippen LogP contribution in [0.3, 0.4) is 0 Å². The number of nitrogens with zero attached hydrogens (tertiary/aromatic N) is 1. The fourth-order valence-electron chi connectivity index (χ4n) is 2.10. The molecule has 19 heavy (non-hydrogen) atoms. The molecule has 1 aromatic rings.